The minimum atomic E-state index is -1.38. The summed E-state index contributed by atoms with van der Waals surface area (Å²) in [6, 6.07) is 3.72. The van der Waals surface area contributed by atoms with E-state index in [-0.39, 0.29) is 19.3 Å². The number of carbonyl (C=O) groups is 5. The van der Waals surface area contributed by atoms with Gasteiger partial charge in [-0.3, -0.25) is 19.2 Å². The van der Waals surface area contributed by atoms with Gasteiger partial charge >= 0.3 is 5.97 Å². The molecule has 0 saturated heterocycles. The van der Waals surface area contributed by atoms with Crippen molar-refractivity contribution in [1.82, 2.24) is 20.9 Å². The van der Waals surface area contributed by atoms with Gasteiger partial charge in [-0.1, -0.05) is 18.2 Å². The van der Waals surface area contributed by atoms with Crippen molar-refractivity contribution in [2.45, 2.75) is 37.4 Å². The number of carbonyl (C=O) groups excluding carboxylic acids is 4. The number of primary amides is 1. The third kappa shape index (κ3) is 7.56. The molecule has 0 fully saturated rings. The molecule has 3 atom stereocenters. The van der Waals surface area contributed by atoms with Crippen LogP contribution < -0.4 is 27.4 Å². The molecule has 1 aromatic carbocycles. The number of H-pyrrole nitrogens is 1. The first-order valence-corrected chi connectivity index (χ1v) is 10.4. The number of aromatic amines is 1. The molecule has 2 aromatic rings. The lowest BCUT2D eigenvalue weighted by atomic mass is 10.0. The lowest BCUT2D eigenvalue weighted by Crippen LogP contribution is -2.55. The van der Waals surface area contributed by atoms with E-state index in [0.29, 0.717) is 0 Å². The van der Waals surface area contributed by atoms with E-state index in [1.54, 1.807) is 6.20 Å². The predicted molar refractivity (Wildman–Crippen MR) is 120 cm³/mol. The van der Waals surface area contributed by atoms with Crippen molar-refractivity contribution in [3.05, 3.63) is 36.0 Å². The summed E-state index contributed by atoms with van der Waals surface area (Å²) in [6.07, 6.45) is 1.45. The molecule has 0 saturated carbocycles. The molecule has 0 radical (unpaired) electrons. The van der Waals surface area contributed by atoms with Crippen LogP contribution in [-0.4, -0.2) is 76.1 Å². The molecule has 0 spiro atoms. The Morgan fingerprint density at radius 3 is 2.38 bits per heavy atom. The number of hydrogen-bond acceptors (Lipinski definition) is 7. The normalized spacial score (nSPS) is 13.5. The zero-order valence-corrected chi connectivity index (χ0v) is 18.2. The van der Waals surface area contributed by atoms with Gasteiger partial charge in [0.2, 0.25) is 23.6 Å². The molecular formula is C21H28N6O7. The van der Waals surface area contributed by atoms with Crippen LogP contribution in [0.25, 0.3) is 10.9 Å². The molecule has 13 nitrogen and oxygen atoms in total. The van der Waals surface area contributed by atoms with E-state index in [1.807, 2.05) is 24.3 Å². The summed E-state index contributed by atoms with van der Waals surface area (Å²) in [7, 11) is 0. The highest BCUT2D eigenvalue weighted by molar-refractivity contribution is 5.93. The van der Waals surface area contributed by atoms with E-state index in [1.165, 1.54) is 0 Å². The highest BCUT2D eigenvalue weighted by Crippen LogP contribution is 2.18. The van der Waals surface area contributed by atoms with Gasteiger partial charge in [0.1, 0.15) is 12.1 Å². The first kappa shape index (κ1) is 26.3. The van der Waals surface area contributed by atoms with E-state index >= 15 is 0 Å². The molecule has 4 amide bonds. The molecule has 3 unspecified atom stereocenters. The lowest BCUT2D eigenvalue weighted by Gasteiger charge is -2.19. The second-order valence-electron chi connectivity index (χ2n) is 7.59. The Morgan fingerprint density at radius 1 is 1.03 bits per heavy atom. The molecule has 2 rings (SSSR count). The second kappa shape index (κ2) is 12.3. The van der Waals surface area contributed by atoms with Gasteiger partial charge in [-0.15, -0.1) is 0 Å². The fraction of sp³-hybridized carbons (Fsp3) is 0.381. The van der Waals surface area contributed by atoms with Crippen molar-refractivity contribution in [1.29, 1.82) is 0 Å². The zero-order chi connectivity index (χ0) is 25.3. The fourth-order valence-electron chi connectivity index (χ4n) is 3.18. The Bertz CT molecular complexity index is 1050. The van der Waals surface area contributed by atoms with Gasteiger partial charge in [0.05, 0.1) is 19.2 Å². The van der Waals surface area contributed by atoms with Crippen LogP contribution in [0.15, 0.2) is 30.5 Å². The Balaban J connectivity index is 1.85. The number of rotatable bonds is 13. The van der Waals surface area contributed by atoms with Crippen LogP contribution in [0.1, 0.15) is 18.4 Å². The summed E-state index contributed by atoms with van der Waals surface area (Å²) < 4.78 is 0. The summed E-state index contributed by atoms with van der Waals surface area (Å²) in [5.41, 5.74) is 12.6. The fourth-order valence-corrected chi connectivity index (χ4v) is 3.18. The number of benzene rings is 1. The number of nitrogens with two attached hydrogens (primary N) is 2. The Kier molecular flexibility index (Phi) is 9.52. The molecule has 1 aromatic heterocycles. The third-order valence-corrected chi connectivity index (χ3v) is 5.00. The molecule has 10 N–H and O–H groups in total. The van der Waals surface area contributed by atoms with Crippen molar-refractivity contribution in [3.63, 3.8) is 0 Å². The number of aliphatic carboxylic acids is 1. The Morgan fingerprint density at radius 2 is 1.74 bits per heavy atom. The van der Waals surface area contributed by atoms with Crippen molar-refractivity contribution in [2.75, 3.05) is 13.2 Å². The summed E-state index contributed by atoms with van der Waals surface area (Å²) in [4.78, 5) is 61.7. The maximum Gasteiger partial charge on any atom is 0.326 e. The summed E-state index contributed by atoms with van der Waals surface area (Å²) in [5, 5.41) is 26.2. The number of nitrogens with one attached hydrogen (secondary N) is 4. The second-order valence-corrected chi connectivity index (χ2v) is 7.59. The van der Waals surface area contributed by atoms with E-state index in [0.717, 1.165) is 16.5 Å². The first-order chi connectivity index (χ1) is 16.1. The third-order valence-electron chi connectivity index (χ3n) is 5.00. The van der Waals surface area contributed by atoms with Crippen molar-refractivity contribution >= 4 is 40.5 Å². The smallest absolute Gasteiger partial charge is 0.326 e. The SMILES string of the molecule is NC(=O)CCC(NC(=O)CNC(=O)C(CO)NC(=O)C(N)Cc1c[nH]c2ccccc12)C(=O)O. The Hall–Kier alpha value is -3.97. The van der Waals surface area contributed by atoms with E-state index < -0.39 is 60.9 Å². The molecule has 0 aliphatic heterocycles. The van der Waals surface area contributed by atoms with Crippen LogP contribution in [0.5, 0.6) is 0 Å². The van der Waals surface area contributed by atoms with Gasteiger partial charge in [-0.2, -0.15) is 0 Å². The summed E-state index contributed by atoms with van der Waals surface area (Å²) >= 11 is 0. The Labute approximate surface area is 194 Å². The van der Waals surface area contributed by atoms with E-state index in [4.69, 9.17) is 16.6 Å². The number of aliphatic hydroxyl groups is 1. The highest BCUT2D eigenvalue weighted by Gasteiger charge is 2.25. The molecule has 0 bridgehead atoms. The van der Waals surface area contributed by atoms with Gasteiger partial charge in [0, 0.05) is 23.5 Å². The standard InChI is InChI=1S/C21H28N6O7/c22-13(7-11-8-24-14-4-2-1-3-12(11)14)19(31)27-16(10-28)20(32)25-9-18(30)26-15(21(33)34)5-6-17(23)29/h1-4,8,13,15-16,24,28H,5-7,9-10,22H2,(H2,23,29)(H,25,32)(H,26,30)(H,27,31)(H,33,34). The van der Waals surface area contributed by atoms with Gasteiger partial charge in [-0.25, -0.2) is 4.79 Å². The predicted octanol–water partition coefficient (Wildman–Crippen LogP) is -2.53. The monoisotopic (exact) mass is 476 g/mol. The molecule has 34 heavy (non-hydrogen) atoms. The minimum absolute atomic E-state index is 0.180. The van der Waals surface area contributed by atoms with Crippen LogP contribution in [0.4, 0.5) is 0 Å². The quantitative estimate of drug-likeness (QED) is 0.153. The maximum absolute atomic E-state index is 12.4. The van der Waals surface area contributed by atoms with E-state index in [9.17, 15) is 29.1 Å². The van der Waals surface area contributed by atoms with Crippen LogP contribution in [0, 0.1) is 0 Å². The van der Waals surface area contributed by atoms with Gasteiger partial charge in [-0.05, 0) is 24.5 Å². The zero-order valence-electron chi connectivity index (χ0n) is 18.2. The van der Waals surface area contributed by atoms with Crippen molar-refractivity contribution in [2.24, 2.45) is 11.5 Å². The highest BCUT2D eigenvalue weighted by atomic mass is 16.4. The number of aliphatic hydroxyl groups excluding tert-OH is 1. The van der Waals surface area contributed by atoms with Crippen LogP contribution in [-0.2, 0) is 30.4 Å². The number of aromatic nitrogens is 1. The van der Waals surface area contributed by atoms with Gasteiger partial charge in [0.25, 0.3) is 0 Å². The van der Waals surface area contributed by atoms with Crippen LogP contribution >= 0.6 is 0 Å². The topological polar surface area (TPSA) is 230 Å². The van der Waals surface area contributed by atoms with E-state index in [2.05, 4.69) is 20.9 Å². The molecular weight excluding hydrogens is 448 g/mol. The molecule has 1 heterocycles. The number of para-hydroxylation sites is 1. The number of carboxylic acids is 1. The minimum Gasteiger partial charge on any atom is -0.480 e. The van der Waals surface area contributed by atoms with Crippen molar-refractivity contribution < 1.29 is 34.2 Å². The largest absolute Gasteiger partial charge is 0.480 e. The lowest BCUT2D eigenvalue weighted by molar-refractivity contribution is -0.142. The average molecular weight is 476 g/mol. The van der Waals surface area contributed by atoms with Gasteiger partial charge in [0.15, 0.2) is 0 Å². The van der Waals surface area contributed by atoms with Crippen LogP contribution in [0.3, 0.4) is 0 Å². The maximum atomic E-state index is 12.4. The first-order valence-electron chi connectivity index (χ1n) is 10.4. The summed E-state index contributed by atoms with van der Waals surface area (Å²) in [5.74, 6) is -4.48. The molecule has 184 valence electrons. The average Bonchev–Trinajstić information content (AvgIpc) is 3.20. The summed E-state index contributed by atoms with van der Waals surface area (Å²) in [6.45, 7) is -1.37. The van der Waals surface area contributed by atoms with Gasteiger partial charge < -0.3 is 42.6 Å². The number of carboxylic acid groups (broad SMARTS) is 1. The van der Waals surface area contributed by atoms with Crippen molar-refractivity contribution in [3.8, 4) is 0 Å². The number of hydrogen-bond donors (Lipinski definition) is 8. The number of amides is 4. The molecule has 13 heteroatoms. The molecule has 0 aliphatic rings. The molecule has 0 aliphatic carbocycles. The number of fused-ring (bicyclic) bond motifs is 1. The van der Waals surface area contributed by atoms with Crippen LogP contribution in [0.2, 0.25) is 0 Å².